The van der Waals surface area contributed by atoms with Crippen LogP contribution in [0.25, 0.3) is 0 Å². The number of hydrogen-bond acceptors (Lipinski definition) is 4. The minimum absolute atomic E-state index is 0.0136. The zero-order valence-corrected chi connectivity index (χ0v) is 15.0. The standard InChI is InChI=1S/C20H26O5/c1-4-5-12-9-15-17(18(22)16(12)19(23)24)13-8-11(10-21)6-7-14(13)20(2,3)25-15/h8-9,13-14,21-22H,4-7,10H2,1-3H3,(H,23,24)/t13-,14-/m1/s1. The number of fused-ring (bicyclic) bond motifs is 3. The summed E-state index contributed by atoms with van der Waals surface area (Å²) in [4.78, 5) is 11.8. The van der Waals surface area contributed by atoms with Crippen LogP contribution in [0.15, 0.2) is 17.7 Å². The average Bonchev–Trinajstić information content (AvgIpc) is 2.53. The molecule has 0 saturated heterocycles. The summed E-state index contributed by atoms with van der Waals surface area (Å²) in [5.41, 5.74) is 1.64. The van der Waals surface area contributed by atoms with Crippen molar-refractivity contribution in [2.24, 2.45) is 5.92 Å². The van der Waals surface area contributed by atoms with E-state index in [-0.39, 0.29) is 29.8 Å². The van der Waals surface area contributed by atoms with Gasteiger partial charge in [0.05, 0.1) is 6.61 Å². The number of aromatic carboxylic acids is 1. The number of aromatic hydroxyl groups is 1. The van der Waals surface area contributed by atoms with Gasteiger partial charge in [0.15, 0.2) is 0 Å². The smallest absolute Gasteiger partial charge is 0.339 e. The lowest BCUT2D eigenvalue weighted by atomic mass is 9.67. The molecule has 0 radical (unpaired) electrons. The van der Waals surface area contributed by atoms with Crippen molar-refractivity contribution in [3.63, 3.8) is 0 Å². The molecule has 0 unspecified atom stereocenters. The van der Waals surface area contributed by atoms with Gasteiger partial charge >= 0.3 is 5.97 Å². The second kappa shape index (κ2) is 6.37. The summed E-state index contributed by atoms with van der Waals surface area (Å²) in [6.45, 7) is 6.03. The lowest BCUT2D eigenvalue weighted by molar-refractivity contribution is 0.00994. The Morgan fingerprint density at radius 1 is 1.40 bits per heavy atom. The lowest BCUT2D eigenvalue weighted by Crippen LogP contribution is -2.45. The van der Waals surface area contributed by atoms with Gasteiger partial charge in [-0.3, -0.25) is 0 Å². The Morgan fingerprint density at radius 3 is 2.72 bits per heavy atom. The highest BCUT2D eigenvalue weighted by atomic mass is 16.5. The van der Waals surface area contributed by atoms with Crippen LogP contribution in [0.3, 0.4) is 0 Å². The van der Waals surface area contributed by atoms with Crippen molar-refractivity contribution in [1.82, 2.24) is 0 Å². The zero-order chi connectivity index (χ0) is 18.4. The molecule has 0 aromatic heterocycles. The summed E-state index contributed by atoms with van der Waals surface area (Å²) in [5, 5.41) is 30.0. The van der Waals surface area contributed by atoms with Crippen LogP contribution in [0.2, 0.25) is 0 Å². The van der Waals surface area contributed by atoms with E-state index < -0.39 is 11.6 Å². The Labute approximate surface area is 147 Å². The molecule has 2 aliphatic rings. The van der Waals surface area contributed by atoms with Crippen LogP contribution < -0.4 is 4.74 Å². The van der Waals surface area contributed by atoms with Gasteiger partial charge in [0.1, 0.15) is 22.7 Å². The average molecular weight is 346 g/mol. The summed E-state index contributed by atoms with van der Waals surface area (Å²) in [6.07, 6.45) is 4.96. The number of aliphatic hydroxyl groups excluding tert-OH is 1. The first-order valence-electron chi connectivity index (χ1n) is 8.91. The molecule has 5 nitrogen and oxygen atoms in total. The fraction of sp³-hybridized carbons (Fsp3) is 0.550. The highest BCUT2D eigenvalue weighted by Gasteiger charge is 2.46. The molecule has 3 rings (SSSR count). The molecule has 0 bridgehead atoms. The number of carboxylic acid groups (broad SMARTS) is 1. The minimum Gasteiger partial charge on any atom is -0.507 e. The van der Waals surface area contributed by atoms with Crippen LogP contribution in [0.4, 0.5) is 0 Å². The Morgan fingerprint density at radius 2 is 2.12 bits per heavy atom. The largest absolute Gasteiger partial charge is 0.507 e. The highest BCUT2D eigenvalue weighted by molar-refractivity contribution is 5.94. The molecule has 25 heavy (non-hydrogen) atoms. The van der Waals surface area contributed by atoms with Gasteiger partial charge in [0.2, 0.25) is 0 Å². The third-order valence-corrected chi connectivity index (χ3v) is 5.54. The van der Waals surface area contributed by atoms with Gasteiger partial charge in [0, 0.05) is 17.4 Å². The first-order chi connectivity index (χ1) is 11.8. The summed E-state index contributed by atoms with van der Waals surface area (Å²) in [5.74, 6) is -0.766. The van der Waals surface area contributed by atoms with Gasteiger partial charge in [-0.05, 0) is 50.3 Å². The van der Waals surface area contributed by atoms with Crippen molar-refractivity contribution in [3.05, 3.63) is 34.4 Å². The number of aryl methyl sites for hydroxylation is 1. The van der Waals surface area contributed by atoms with E-state index in [0.29, 0.717) is 23.3 Å². The Bertz CT molecular complexity index is 732. The molecule has 1 aromatic rings. The van der Waals surface area contributed by atoms with E-state index in [2.05, 4.69) is 0 Å². The fourth-order valence-corrected chi connectivity index (χ4v) is 4.35. The molecule has 1 aliphatic heterocycles. The number of carboxylic acids is 1. The van der Waals surface area contributed by atoms with Crippen LogP contribution in [0.1, 0.15) is 67.4 Å². The topological polar surface area (TPSA) is 87.0 Å². The van der Waals surface area contributed by atoms with Crippen molar-refractivity contribution >= 4 is 5.97 Å². The van der Waals surface area contributed by atoms with Gasteiger partial charge in [-0.25, -0.2) is 4.79 Å². The summed E-state index contributed by atoms with van der Waals surface area (Å²) in [7, 11) is 0. The van der Waals surface area contributed by atoms with Gasteiger partial charge in [0.25, 0.3) is 0 Å². The number of carbonyl (C=O) groups is 1. The second-order valence-electron chi connectivity index (χ2n) is 7.59. The molecule has 0 saturated carbocycles. The summed E-state index contributed by atoms with van der Waals surface area (Å²) >= 11 is 0. The van der Waals surface area contributed by atoms with Crippen LogP contribution >= 0.6 is 0 Å². The van der Waals surface area contributed by atoms with Crippen molar-refractivity contribution < 1.29 is 24.9 Å². The SMILES string of the molecule is CCCc1cc2c(c(O)c1C(=O)O)[C@@H]1C=C(CO)CC[C@H]1C(C)(C)O2. The molecule has 1 aromatic carbocycles. The van der Waals surface area contributed by atoms with E-state index in [1.54, 1.807) is 6.07 Å². The normalized spacial score (nSPS) is 23.9. The van der Waals surface area contributed by atoms with E-state index in [1.807, 2.05) is 26.8 Å². The summed E-state index contributed by atoms with van der Waals surface area (Å²) < 4.78 is 6.22. The molecular weight excluding hydrogens is 320 g/mol. The third kappa shape index (κ3) is 2.91. The quantitative estimate of drug-likeness (QED) is 0.725. The third-order valence-electron chi connectivity index (χ3n) is 5.54. The van der Waals surface area contributed by atoms with Crippen LogP contribution in [0.5, 0.6) is 11.5 Å². The first-order valence-corrected chi connectivity index (χ1v) is 8.91. The number of ether oxygens (including phenoxy) is 1. The van der Waals surface area contributed by atoms with E-state index in [4.69, 9.17) is 4.74 Å². The predicted molar refractivity (Wildman–Crippen MR) is 94.4 cm³/mol. The number of allylic oxidation sites excluding steroid dienone is 1. The molecule has 5 heteroatoms. The van der Waals surface area contributed by atoms with Crippen LogP contribution in [-0.2, 0) is 6.42 Å². The van der Waals surface area contributed by atoms with E-state index in [9.17, 15) is 20.1 Å². The first kappa shape index (κ1) is 17.8. The maximum absolute atomic E-state index is 11.8. The fourth-order valence-electron chi connectivity index (χ4n) is 4.35. The molecule has 136 valence electrons. The van der Waals surface area contributed by atoms with Crippen molar-refractivity contribution in [1.29, 1.82) is 0 Å². The summed E-state index contributed by atoms with van der Waals surface area (Å²) in [6, 6.07) is 1.78. The van der Waals surface area contributed by atoms with E-state index in [1.165, 1.54) is 0 Å². The second-order valence-corrected chi connectivity index (χ2v) is 7.59. The van der Waals surface area contributed by atoms with E-state index >= 15 is 0 Å². The zero-order valence-electron chi connectivity index (χ0n) is 15.0. The van der Waals surface area contributed by atoms with E-state index in [0.717, 1.165) is 24.8 Å². The van der Waals surface area contributed by atoms with Crippen LogP contribution in [0, 0.1) is 5.92 Å². The molecule has 1 heterocycles. The van der Waals surface area contributed by atoms with Crippen LogP contribution in [-0.4, -0.2) is 33.5 Å². The molecule has 1 aliphatic carbocycles. The van der Waals surface area contributed by atoms with Gasteiger partial charge in [-0.15, -0.1) is 0 Å². The van der Waals surface area contributed by atoms with Gasteiger partial charge in [-0.2, -0.15) is 0 Å². The molecular formula is C20H26O5. The molecule has 2 atom stereocenters. The number of hydrogen-bond donors (Lipinski definition) is 3. The Kier molecular flexibility index (Phi) is 4.54. The van der Waals surface area contributed by atoms with Crippen molar-refractivity contribution in [3.8, 4) is 11.5 Å². The molecule has 3 N–H and O–H groups in total. The molecule has 0 amide bonds. The number of benzene rings is 1. The maximum atomic E-state index is 11.8. The van der Waals surface area contributed by atoms with Crippen molar-refractivity contribution in [2.75, 3.05) is 6.61 Å². The molecule has 0 spiro atoms. The monoisotopic (exact) mass is 346 g/mol. The number of phenols is 1. The molecule has 0 fully saturated rings. The number of rotatable bonds is 4. The Hall–Kier alpha value is -2.01. The van der Waals surface area contributed by atoms with Gasteiger partial charge in [-0.1, -0.05) is 19.4 Å². The Balaban J connectivity index is 2.25. The highest BCUT2D eigenvalue weighted by Crippen LogP contribution is 2.54. The van der Waals surface area contributed by atoms with Crippen molar-refractivity contribution in [2.45, 2.75) is 58.0 Å². The number of aliphatic hydroxyl groups is 1. The minimum atomic E-state index is -1.12. The van der Waals surface area contributed by atoms with Gasteiger partial charge < -0.3 is 20.1 Å². The lowest BCUT2D eigenvalue weighted by Gasteiger charge is -2.46. The maximum Gasteiger partial charge on any atom is 0.339 e. The predicted octanol–water partition coefficient (Wildman–Crippen LogP) is 3.63.